The molecule has 0 unspecified atom stereocenters. The largest absolute Gasteiger partial charge is 0.621 e. The normalized spacial score (nSPS) is 15.3. The molecular weight excluding hydrogens is 679 g/mol. The van der Waals surface area contributed by atoms with Gasteiger partial charge in [0.1, 0.15) is 18.6 Å². The van der Waals surface area contributed by atoms with Crippen molar-refractivity contribution in [3.05, 3.63) is 173 Å². The summed E-state index contributed by atoms with van der Waals surface area (Å²) in [5.74, 6) is -3.44. The fraction of sp³-hybridized carbons (Fsp3) is 0.128. The maximum Gasteiger partial charge on any atom is 0.417 e. The number of cyclic esters (lactones) is 1. The van der Waals surface area contributed by atoms with Crippen LogP contribution in [0.4, 0.5) is 10.5 Å². The summed E-state index contributed by atoms with van der Waals surface area (Å²) in [5.41, 5.74) is 2.93. The molecule has 1 fully saturated rings. The Balaban J connectivity index is 0.00000486. The van der Waals surface area contributed by atoms with Crippen molar-refractivity contribution in [2.45, 2.75) is 24.4 Å². The number of rotatable bonds is 11. The number of carboxylic acid groups (broad SMARTS) is 1. The van der Waals surface area contributed by atoms with E-state index in [4.69, 9.17) is 9.73 Å². The van der Waals surface area contributed by atoms with Gasteiger partial charge in [0, 0.05) is 40.6 Å². The van der Waals surface area contributed by atoms with Gasteiger partial charge in [-0.2, -0.15) is 0 Å². The van der Waals surface area contributed by atoms with Crippen LogP contribution >= 0.6 is 0 Å². The summed E-state index contributed by atoms with van der Waals surface area (Å²) in [6, 6.07) is 36.4. The predicted octanol–water partition coefficient (Wildman–Crippen LogP) is 7.11. The zero-order valence-corrected chi connectivity index (χ0v) is 27.5. The number of carbonyl (C=O) groups is 4. The Bertz CT molecular complexity index is 1980. The van der Waals surface area contributed by atoms with Crippen molar-refractivity contribution in [2.24, 2.45) is 4.99 Å². The van der Waals surface area contributed by atoms with Gasteiger partial charge >= 0.3 is 12.1 Å². The molecule has 1 aliphatic heterocycles. The number of amides is 3. The van der Waals surface area contributed by atoms with E-state index in [9.17, 15) is 24.3 Å². The molecule has 5 aromatic rings. The first-order valence-corrected chi connectivity index (χ1v) is 15.6. The maximum atomic E-state index is 14.0. The van der Waals surface area contributed by atoms with Crippen molar-refractivity contribution in [1.82, 2.24) is 9.88 Å². The summed E-state index contributed by atoms with van der Waals surface area (Å²) in [6.45, 7) is -0.0131. The van der Waals surface area contributed by atoms with E-state index in [1.807, 2.05) is 24.3 Å². The van der Waals surface area contributed by atoms with E-state index in [1.165, 1.54) is 6.20 Å². The van der Waals surface area contributed by atoms with Crippen LogP contribution < -0.4 is 0 Å². The van der Waals surface area contributed by atoms with Gasteiger partial charge in [-0.3, -0.25) is 14.8 Å². The van der Waals surface area contributed by atoms with Crippen molar-refractivity contribution in [3.8, 4) is 0 Å². The third kappa shape index (κ3) is 8.02. The standard InChI is InChI=1S/C39H32N4O6.Ni/c44-34(43-33(25-49-39(43)48)27-16-6-2-7-17-27)24-30(26-14-4-1-5-15-26)36(38(46)47)42-35(28-18-8-3-9-19-28)29-20-10-11-21-31(29)41-37(45)32-22-12-13-23-40-32;/h1-23,30,33,36H,24-25H2,(H2,41,42,45,46,47);/p-1/t30-,33-,36+;/m0./s1. The number of ether oxygens (including phenoxy) is 1. The van der Waals surface area contributed by atoms with E-state index in [0.717, 1.165) is 10.5 Å². The Morgan fingerprint density at radius 3 is 2.12 bits per heavy atom. The van der Waals surface area contributed by atoms with Gasteiger partial charge in [0.2, 0.25) is 5.91 Å². The van der Waals surface area contributed by atoms with Crippen molar-refractivity contribution >= 4 is 35.3 Å². The number of hydrogen-bond acceptors (Lipinski definition) is 7. The molecule has 2 heterocycles. The molecule has 1 aromatic heterocycles. The smallest absolute Gasteiger partial charge is 0.417 e. The number of nitrogens with zero attached hydrogens (tertiary/aromatic N) is 4. The molecule has 6 rings (SSSR count). The number of imide groups is 1. The van der Waals surface area contributed by atoms with Crippen LogP contribution in [0.5, 0.6) is 0 Å². The molecule has 0 saturated carbocycles. The summed E-state index contributed by atoms with van der Waals surface area (Å²) in [4.78, 5) is 63.2. The molecule has 1 N–H and O–H groups in total. The fourth-order valence-electron chi connectivity index (χ4n) is 5.80. The summed E-state index contributed by atoms with van der Waals surface area (Å²) in [7, 11) is 0. The molecule has 0 bridgehead atoms. The second-order valence-corrected chi connectivity index (χ2v) is 11.3. The first kappa shape index (κ1) is 35.4. The van der Waals surface area contributed by atoms with Gasteiger partial charge in [0.25, 0.3) is 0 Å². The van der Waals surface area contributed by atoms with Gasteiger partial charge in [-0.25, -0.2) is 14.5 Å². The minimum Gasteiger partial charge on any atom is -0.621 e. The van der Waals surface area contributed by atoms with E-state index < -0.39 is 41.9 Å². The summed E-state index contributed by atoms with van der Waals surface area (Å²) >= 11 is 0. The Morgan fingerprint density at radius 2 is 1.46 bits per heavy atom. The Kier molecular flexibility index (Phi) is 11.6. The minimum absolute atomic E-state index is 0. The number of pyridine rings is 1. The van der Waals surface area contributed by atoms with Gasteiger partial charge < -0.3 is 20.0 Å². The van der Waals surface area contributed by atoms with Crippen molar-refractivity contribution in [3.63, 3.8) is 0 Å². The molecule has 10 nitrogen and oxygen atoms in total. The number of hydrogen-bond donors (Lipinski definition) is 1. The summed E-state index contributed by atoms with van der Waals surface area (Å²) < 4.78 is 5.29. The summed E-state index contributed by atoms with van der Waals surface area (Å²) in [5, 5.41) is 15.1. The van der Waals surface area contributed by atoms with E-state index in [-0.39, 0.29) is 46.6 Å². The fourth-order valence-corrected chi connectivity index (χ4v) is 5.80. The van der Waals surface area contributed by atoms with Crippen molar-refractivity contribution in [2.75, 3.05) is 6.61 Å². The minimum atomic E-state index is -1.49. The van der Waals surface area contributed by atoms with Crippen LogP contribution in [-0.4, -0.2) is 57.2 Å². The monoisotopic (exact) mass is 709 g/mol. The van der Waals surface area contributed by atoms with E-state index >= 15 is 0 Å². The number of aromatic nitrogens is 1. The average molecular weight is 710 g/mol. The van der Waals surface area contributed by atoms with Gasteiger partial charge in [-0.05, 0) is 28.8 Å². The molecule has 11 heteroatoms. The first-order chi connectivity index (χ1) is 23.9. The molecule has 4 aromatic carbocycles. The number of carboxylic acids is 1. The SMILES string of the molecule is O=C([N-]c1ccccc1C(=N[C@@H](C(=O)O)[C@@H](CC(=O)N1C(=O)OC[C@H]1c1ccccc1)c1ccccc1)c1ccccc1)c1ccccn1.[Ni]. The van der Waals surface area contributed by atoms with Crippen LogP contribution in [0.25, 0.3) is 5.32 Å². The predicted molar refractivity (Wildman–Crippen MR) is 183 cm³/mol. The molecule has 0 spiro atoms. The number of carbonyl (C=O) groups excluding carboxylic acids is 3. The second kappa shape index (κ2) is 16.5. The van der Waals surface area contributed by atoms with Crippen LogP contribution in [0.15, 0.2) is 145 Å². The van der Waals surface area contributed by atoms with Gasteiger partial charge in [-0.15, -0.1) is 5.69 Å². The van der Waals surface area contributed by atoms with Crippen molar-refractivity contribution in [1.29, 1.82) is 0 Å². The van der Waals surface area contributed by atoms with E-state index in [1.54, 1.807) is 109 Å². The van der Waals surface area contributed by atoms with Crippen LogP contribution in [0.2, 0.25) is 0 Å². The Morgan fingerprint density at radius 1 is 0.840 bits per heavy atom. The third-order valence-corrected chi connectivity index (χ3v) is 8.16. The zero-order valence-electron chi connectivity index (χ0n) is 26.5. The molecule has 0 radical (unpaired) electrons. The Labute approximate surface area is 298 Å². The maximum absolute atomic E-state index is 14.0. The number of aliphatic carboxylic acids is 1. The Hall–Kier alpha value is -5.93. The topological polar surface area (TPSA) is 140 Å². The molecule has 1 saturated heterocycles. The quantitative estimate of drug-likeness (QED) is 0.114. The van der Waals surface area contributed by atoms with E-state index in [0.29, 0.717) is 16.7 Å². The third-order valence-electron chi connectivity index (χ3n) is 8.16. The van der Waals surface area contributed by atoms with Gasteiger partial charge in [-0.1, -0.05) is 121 Å². The average Bonchev–Trinajstić information content (AvgIpc) is 3.54. The van der Waals surface area contributed by atoms with Crippen LogP contribution in [0.3, 0.4) is 0 Å². The van der Waals surface area contributed by atoms with Crippen molar-refractivity contribution < 1.29 is 45.5 Å². The van der Waals surface area contributed by atoms with Gasteiger partial charge in [0.15, 0.2) is 6.04 Å². The van der Waals surface area contributed by atoms with Crippen LogP contribution in [-0.2, 0) is 30.8 Å². The summed E-state index contributed by atoms with van der Waals surface area (Å²) in [6.07, 6.45) is 0.353. The van der Waals surface area contributed by atoms with Crippen LogP contribution in [0, 0.1) is 0 Å². The number of benzene rings is 4. The second-order valence-electron chi connectivity index (χ2n) is 11.3. The number of aliphatic imine (C=N–C) groups is 1. The molecule has 3 amide bonds. The molecule has 0 aliphatic carbocycles. The zero-order chi connectivity index (χ0) is 34.2. The van der Waals surface area contributed by atoms with E-state index in [2.05, 4.69) is 10.3 Å². The van der Waals surface area contributed by atoms with Crippen LogP contribution in [0.1, 0.15) is 51.1 Å². The molecule has 3 atom stereocenters. The molecule has 1 aliphatic rings. The molecule has 254 valence electrons. The first-order valence-electron chi connectivity index (χ1n) is 15.6. The molecule has 50 heavy (non-hydrogen) atoms. The molecular formula is C39H31N4NiO6-. The number of para-hydroxylation sites is 1. The van der Waals surface area contributed by atoms with Gasteiger partial charge in [0.05, 0.1) is 11.4 Å².